The highest BCUT2D eigenvalue weighted by Crippen LogP contribution is 2.33. The molecule has 2 aromatic heterocycles. The lowest BCUT2D eigenvalue weighted by molar-refractivity contribution is 0.614. The Bertz CT molecular complexity index is 1440. The first-order chi connectivity index (χ1) is 17.6. The van der Waals surface area contributed by atoms with Gasteiger partial charge in [0.05, 0.1) is 34.2 Å². The van der Waals surface area contributed by atoms with Crippen LogP contribution in [0.1, 0.15) is 60.5 Å². The van der Waals surface area contributed by atoms with Gasteiger partial charge in [0.2, 0.25) is 0 Å². The zero-order valence-electron chi connectivity index (χ0n) is 20.9. The summed E-state index contributed by atoms with van der Waals surface area (Å²) in [6.07, 6.45) is 4.72. The number of nitrogens with zero attached hydrogens (tertiary/aromatic N) is 2. The summed E-state index contributed by atoms with van der Waals surface area (Å²) in [6, 6.07) is 18.6. The highest BCUT2D eigenvalue weighted by molar-refractivity contribution is 5.87. The number of aromatic nitrogens is 4. The van der Waals surface area contributed by atoms with Crippen LogP contribution in [0.2, 0.25) is 0 Å². The summed E-state index contributed by atoms with van der Waals surface area (Å²) in [5.74, 6) is 2.13. The second-order valence-electron chi connectivity index (χ2n) is 10.5. The first-order valence-corrected chi connectivity index (χ1v) is 13.2. The number of fused-ring (bicyclic) bond motifs is 2. The lowest BCUT2D eigenvalue weighted by atomic mass is 9.97. The number of aryl methyl sites for hydroxylation is 2. The smallest absolute Gasteiger partial charge is 0.124 e. The molecule has 2 aliphatic rings. The minimum atomic E-state index is 0.348. The summed E-state index contributed by atoms with van der Waals surface area (Å²) in [6.45, 7) is 6.46. The van der Waals surface area contributed by atoms with Gasteiger partial charge in [-0.05, 0) is 110 Å². The number of rotatable bonds is 4. The van der Waals surface area contributed by atoms with Crippen LogP contribution >= 0.6 is 0 Å². The highest BCUT2D eigenvalue weighted by Gasteiger charge is 2.21. The first kappa shape index (κ1) is 21.8. The van der Waals surface area contributed by atoms with Crippen molar-refractivity contribution in [3.8, 4) is 22.3 Å². The van der Waals surface area contributed by atoms with Gasteiger partial charge in [0.25, 0.3) is 0 Å². The Morgan fingerprint density at radius 3 is 1.44 bits per heavy atom. The topological polar surface area (TPSA) is 81.4 Å². The molecule has 0 radical (unpaired) electrons. The lowest BCUT2D eigenvalue weighted by Crippen LogP contribution is -2.14. The normalized spacial score (nSPS) is 20.2. The molecule has 0 saturated carbocycles. The van der Waals surface area contributed by atoms with Crippen molar-refractivity contribution in [2.75, 3.05) is 13.1 Å². The van der Waals surface area contributed by atoms with Crippen LogP contribution < -0.4 is 10.6 Å². The van der Waals surface area contributed by atoms with E-state index in [-0.39, 0.29) is 0 Å². The van der Waals surface area contributed by atoms with Crippen molar-refractivity contribution < 1.29 is 0 Å². The molecule has 2 fully saturated rings. The molecule has 36 heavy (non-hydrogen) atoms. The van der Waals surface area contributed by atoms with Gasteiger partial charge in [-0.25, -0.2) is 9.97 Å². The molecule has 0 aliphatic carbocycles. The summed E-state index contributed by atoms with van der Waals surface area (Å²) in [7, 11) is 0. The van der Waals surface area contributed by atoms with Gasteiger partial charge in [0.15, 0.2) is 0 Å². The maximum Gasteiger partial charge on any atom is 0.124 e. The Hall–Kier alpha value is -3.48. The molecule has 0 bridgehead atoms. The van der Waals surface area contributed by atoms with Gasteiger partial charge >= 0.3 is 0 Å². The fourth-order valence-electron chi connectivity index (χ4n) is 5.97. The summed E-state index contributed by atoms with van der Waals surface area (Å²) < 4.78 is 0. The van der Waals surface area contributed by atoms with E-state index in [4.69, 9.17) is 9.97 Å². The third-order valence-electron chi connectivity index (χ3n) is 7.92. The molecule has 2 saturated heterocycles. The zero-order valence-corrected chi connectivity index (χ0v) is 20.9. The molecule has 0 spiro atoms. The number of H-pyrrole nitrogens is 2. The molecule has 4 N–H and O–H groups in total. The molecule has 3 aromatic carbocycles. The van der Waals surface area contributed by atoms with Crippen molar-refractivity contribution in [1.82, 2.24) is 30.6 Å². The molecule has 7 rings (SSSR count). The van der Waals surface area contributed by atoms with E-state index in [0.29, 0.717) is 12.1 Å². The second-order valence-corrected chi connectivity index (χ2v) is 10.5. The lowest BCUT2D eigenvalue weighted by Gasteiger charge is -2.08. The minimum absolute atomic E-state index is 0.348. The Balaban J connectivity index is 1.20. The van der Waals surface area contributed by atoms with Gasteiger partial charge in [0.1, 0.15) is 11.6 Å². The van der Waals surface area contributed by atoms with Crippen molar-refractivity contribution >= 4 is 22.1 Å². The summed E-state index contributed by atoms with van der Waals surface area (Å²) in [4.78, 5) is 17.0. The molecule has 0 amide bonds. The first-order valence-electron chi connectivity index (χ1n) is 13.2. The summed E-state index contributed by atoms with van der Waals surface area (Å²) in [5.41, 5.74) is 11.7. The highest BCUT2D eigenvalue weighted by atomic mass is 15.0. The van der Waals surface area contributed by atoms with Crippen LogP contribution in [0.15, 0.2) is 48.5 Å². The largest absolute Gasteiger partial charge is 0.341 e. The minimum Gasteiger partial charge on any atom is -0.341 e. The third-order valence-corrected chi connectivity index (χ3v) is 7.92. The van der Waals surface area contributed by atoms with Gasteiger partial charge in [-0.15, -0.1) is 0 Å². The predicted octanol–water partition coefficient (Wildman–Crippen LogP) is 6.24. The standard InChI is InChI=1S/C30H32N6/c1-17-13-21(15-25-27(17)35-29(33-25)23-5-3-11-31-23)19-7-9-20(10-8-19)22-14-18(2)28-26(16-22)34-30(36-28)24-6-4-12-32-24/h7-10,13-16,23-24,31-32H,3-6,11-12H2,1-2H3,(H,33,35)(H,34,36). The Labute approximate surface area is 211 Å². The monoisotopic (exact) mass is 476 g/mol. The van der Waals surface area contributed by atoms with Crippen LogP contribution in [-0.2, 0) is 0 Å². The van der Waals surface area contributed by atoms with Crippen LogP contribution in [0.3, 0.4) is 0 Å². The molecule has 2 unspecified atom stereocenters. The van der Waals surface area contributed by atoms with Gasteiger partial charge in [-0.2, -0.15) is 0 Å². The fraction of sp³-hybridized carbons (Fsp3) is 0.333. The van der Waals surface area contributed by atoms with E-state index in [1.165, 1.54) is 46.2 Å². The number of imidazole rings is 2. The average Bonchev–Trinajstić information content (AvgIpc) is 3.69. The van der Waals surface area contributed by atoms with E-state index < -0.39 is 0 Å². The molecule has 6 nitrogen and oxygen atoms in total. The predicted molar refractivity (Wildman–Crippen MR) is 146 cm³/mol. The number of aromatic amines is 2. The second kappa shape index (κ2) is 8.57. The van der Waals surface area contributed by atoms with Crippen LogP contribution in [0, 0.1) is 13.8 Å². The van der Waals surface area contributed by atoms with Gasteiger partial charge in [-0.3, -0.25) is 0 Å². The van der Waals surface area contributed by atoms with Crippen LogP contribution in [-0.4, -0.2) is 33.0 Å². The maximum atomic E-state index is 4.91. The van der Waals surface area contributed by atoms with E-state index in [0.717, 1.165) is 59.6 Å². The van der Waals surface area contributed by atoms with Crippen molar-refractivity contribution in [2.24, 2.45) is 0 Å². The zero-order chi connectivity index (χ0) is 24.2. The molecule has 2 aliphatic heterocycles. The van der Waals surface area contributed by atoms with Gasteiger partial charge in [-0.1, -0.05) is 24.3 Å². The molecule has 182 valence electrons. The van der Waals surface area contributed by atoms with E-state index in [1.54, 1.807) is 0 Å². The number of hydrogen-bond acceptors (Lipinski definition) is 4. The van der Waals surface area contributed by atoms with Gasteiger partial charge < -0.3 is 20.6 Å². The molecule has 4 heterocycles. The fourth-order valence-corrected chi connectivity index (χ4v) is 5.97. The van der Waals surface area contributed by atoms with E-state index in [2.05, 4.69) is 83.0 Å². The molecule has 2 atom stereocenters. The average molecular weight is 477 g/mol. The number of nitrogens with one attached hydrogen (secondary N) is 4. The molecular weight excluding hydrogens is 444 g/mol. The van der Waals surface area contributed by atoms with Crippen LogP contribution in [0.4, 0.5) is 0 Å². The van der Waals surface area contributed by atoms with E-state index >= 15 is 0 Å². The van der Waals surface area contributed by atoms with Crippen molar-refractivity contribution in [3.05, 3.63) is 71.3 Å². The third kappa shape index (κ3) is 3.72. The number of hydrogen-bond donors (Lipinski definition) is 4. The Morgan fingerprint density at radius 1 is 0.611 bits per heavy atom. The Kier molecular flexibility index (Phi) is 5.19. The van der Waals surface area contributed by atoms with Gasteiger partial charge in [0, 0.05) is 0 Å². The summed E-state index contributed by atoms with van der Waals surface area (Å²) >= 11 is 0. The van der Waals surface area contributed by atoms with Crippen molar-refractivity contribution in [1.29, 1.82) is 0 Å². The molecule has 6 heteroatoms. The van der Waals surface area contributed by atoms with Crippen molar-refractivity contribution in [2.45, 2.75) is 51.6 Å². The van der Waals surface area contributed by atoms with E-state index in [9.17, 15) is 0 Å². The van der Waals surface area contributed by atoms with Crippen LogP contribution in [0.5, 0.6) is 0 Å². The van der Waals surface area contributed by atoms with Crippen molar-refractivity contribution in [3.63, 3.8) is 0 Å². The SMILES string of the molecule is Cc1cc(-c2ccc(-c3cc(C)c4nc(C5CCCN5)[nH]c4c3)cc2)cc2[nH]c(C3CCCN3)nc12. The molecular formula is C30H32N6. The Morgan fingerprint density at radius 2 is 1.06 bits per heavy atom. The summed E-state index contributed by atoms with van der Waals surface area (Å²) in [5, 5.41) is 7.10. The van der Waals surface area contributed by atoms with Crippen LogP contribution in [0.25, 0.3) is 44.3 Å². The van der Waals surface area contributed by atoms with E-state index in [1.807, 2.05) is 0 Å². The maximum absolute atomic E-state index is 4.91. The molecule has 5 aromatic rings. The quantitative estimate of drug-likeness (QED) is 0.248. The number of benzene rings is 3.